The van der Waals surface area contributed by atoms with E-state index in [0.29, 0.717) is 22.6 Å². The lowest BCUT2D eigenvalue weighted by Crippen LogP contribution is -2.13. The molecule has 10 heteroatoms. The summed E-state index contributed by atoms with van der Waals surface area (Å²) in [6.07, 6.45) is 0.0972. The van der Waals surface area contributed by atoms with Crippen LogP contribution in [0.15, 0.2) is 65.6 Å². The van der Waals surface area contributed by atoms with E-state index in [1.165, 1.54) is 43.5 Å². The first-order valence-electron chi connectivity index (χ1n) is 9.44. The lowest BCUT2D eigenvalue weighted by molar-refractivity contribution is -0.115. The van der Waals surface area contributed by atoms with Crippen LogP contribution in [0.2, 0.25) is 0 Å². The highest BCUT2D eigenvalue weighted by Gasteiger charge is 2.22. The molecule has 1 amide bonds. The average Bonchev–Trinajstić information content (AvgIpc) is 3.13. The third-order valence-corrected chi connectivity index (χ3v) is 6.24. The number of benzene rings is 3. The summed E-state index contributed by atoms with van der Waals surface area (Å²) < 4.78 is 63.7. The molecule has 0 aliphatic carbocycles. The summed E-state index contributed by atoms with van der Waals surface area (Å²) in [5, 5.41) is 2.64. The number of carbonyl (C=O) groups is 1. The number of fused-ring (bicyclic) bond motifs is 1. The second-order valence-electron chi connectivity index (χ2n) is 6.97. The second kappa shape index (κ2) is 8.46. The van der Waals surface area contributed by atoms with Gasteiger partial charge in [-0.1, -0.05) is 12.1 Å². The molecule has 4 rings (SSSR count). The van der Waals surface area contributed by atoms with Crippen LogP contribution in [0.5, 0.6) is 11.5 Å². The van der Waals surface area contributed by atoms with Gasteiger partial charge in [-0.2, -0.15) is 8.78 Å². The lowest BCUT2D eigenvalue weighted by atomic mass is 10.0. The maximum absolute atomic E-state index is 12.9. The Bertz CT molecular complexity index is 1280. The molecule has 3 aromatic carbocycles. The van der Waals surface area contributed by atoms with E-state index in [1.54, 1.807) is 24.3 Å². The van der Waals surface area contributed by atoms with Crippen molar-refractivity contribution in [1.82, 2.24) is 0 Å². The molecule has 7 nitrogen and oxygen atoms in total. The number of nitrogens with one attached hydrogen (secondary N) is 2. The first-order chi connectivity index (χ1) is 15.2. The molecule has 0 saturated heterocycles. The van der Waals surface area contributed by atoms with E-state index < -0.39 is 16.6 Å². The summed E-state index contributed by atoms with van der Waals surface area (Å²) in [4.78, 5) is 11.5. The number of hydrogen-bond donors (Lipinski definition) is 2. The zero-order valence-electron chi connectivity index (χ0n) is 16.8. The Morgan fingerprint density at radius 3 is 2.47 bits per heavy atom. The molecule has 0 atom stereocenters. The number of rotatable bonds is 7. The van der Waals surface area contributed by atoms with E-state index in [0.717, 1.165) is 0 Å². The van der Waals surface area contributed by atoms with Crippen molar-refractivity contribution in [3.05, 3.63) is 66.2 Å². The van der Waals surface area contributed by atoms with Crippen molar-refractivity contribution in [2.75, 3.05) is 17.1 Å². The molecule has 0 fully saturated rings. The normalized spacial score (nSPS) is 12.9. The predicted octanol–water partition coefficient (Wildman–Crippen LogP) is 4.26. The Kier molecular flexibility index (Phi) is 5.70. The molecule has 0 unspecified atom stereocenters. The van der Waals surface area contributed by atoms with Gasteiger partial charge in [0, 0.05) is 16.9 Å². The Morgan fingerprint density at radius 2 is 1.78 bits per heavy atom. The third kappa shape index (κ3) is 4.50. The highest BCUT2D eigenvalue weighted by Crippen LogP contribution is 2.35. The van der Waals surface area contributed by atoms with E-state index in [2.05, 4.69) is 14.8 Å². The quantitative estimate of drug-likeness (QED) is 0.550. The van der Waals surface area contributed by atoms with Gasteiger partial charge in [0.15, 0.2) is 0 Å². The van der Waals surface area contributed by atoms with Gasteiger partial charge in [-0.15, -0.1) is 0 Å². The molecule has 0 radical (unpaired) electrons. The highest BCUT2D eigenvalue weighted by molar-refractivity contribution is 7.92. The maximum Gasteiger partial charge on any atom is 0.387 e. The molecular formula is C22H18F2N2O5S. The Balaban J connectivity index is 1.67. The van der Waals surface area contributed by atoms with E-state index in [4.69, 9.17) is 4.74 Å². The number of halogens is 2. The van der Waals surface area contributed by atoms with Gasteiger partial charge in [-0.25, -0.2) is 8.42 Å². The second-order valence-corrected chi connectivity index (χ2v) is 8.65. The van der Waals surface area contributed by atoms with Crippen molar-refractivity contribution in [1.29, 1.82) is 0 Å². The minimum absolute atomic E-state index is 0.0216. The monoisotopic (exact) mass is 460 g/mol. The van der Waals surface area contributed by atoms with E-state index in [1.807, 2.05) is 0 Å². The van der Waals surface area contributed by atoms with Crippen molar-refractivity contribution in [2.45, 2.75) is 17.9 Å². The van der Waals surface area contributed by atoms with Crippen molar-refractivity contribution in [3.8, 4) is 22.6 Å². The minimum atomic E-state index is -4.00. The standard InChI is InChI=1S/C22H18F2N2O5S/c1-30-16-5-2-13(3-6-16)18-12-15(4-9-20(18)31-22(23)24)26-32(28,29)17-7-8-19-14(10-17)11-21(27)25-19/h2-10,12,22,26H,11H2,1H3,(H,25,27). The summed E-state index contributed by atoms with van der Waals surface area (Å²) in [6.45, 7) is -3.04. The van der Waals surface area contributed by atoms with Gasteiger partial charge in [0.1, 0.15) is 11.5 Å². The summed E-state index contributed by atoms with van der Waals surface area (Å²) in [6, 6.07) is 14.9. The van der Waals surface area contributed by atoms with Gasteiger partial charge < -0.3 is 14.8 Å². The van der Waals surface area contributed by atoms with Crippen LogP contribution in [0, 0.1) is 0 Å². The first kappa shape index (κ1) is 21.6. The molecule has 166 valence electrons. The van der Waals surface area contributed by atoms with Crippen molar-refractivity contribution in [3.63, 3.8) is 0 Å². The van der Waals surface area contributed by atoms with E-state index >= 15 is 0 Å². The number of hydrogen-bond acceptors (Lipinski definition) is 5. The SMILES string of the molecule is COc1ccc(-c2cc(NS(=O)(=O)c3ccc4c(c3)CC(=O)N4)ccc2OC(F)F)cc1. The summed E-state index contributed by atoms with van der Waals surface area (Å²) in [5.41, 5.74) is 2.12. The van der Waals surface area contributed by atoms with Gasteiger partial charge in [-0.05, 0) is 59.7 Å². The van der Waals surface area contributed by atoms with Gasteiger partial charge in [0.2, 0.25) is 5.91 Å². The van der Waals surface area contributed by atoms with Crippen molar-refractivity contribution >= 4 is 27.3 Å². The van der Waals surface area contributed by atoms with Crippen LogP contribution in [0.3, 0.4) is 0 Å². The number of alkyl halides is 2. The number of ether oxygens (including phenoxy) is 2. The van der Waals surface area contributed by atoms with Crippen LogP contribution in [0.25, 0.3) is 11.1 Å². The number of amides is 1. The minimum Gasteiger partial charge on any atom is -0.497 e. The van der Waals surface area contributed by atoms with Gasteiger partial charge in [-0.3, -0.25) is 9.52 Å². The van der Waals surface area contributed by atoms with Gasteiger partial charge >= 0.3 is 6.61 Å². The third-order valence-electron chi connectivity index (χ3n) is 4.86. The van der Waals surface area contributed by atoms with Gasteiger partial charge in [0.25, 0.3) is 10.0 Å². The van der Waals surface area contributed by atoms with E-state index in [9.17, 15) is 22.0 Å². The highest BCUT2D eigenvalue weighted by atomic mass is 32.2. The maximum atomic E-state index is 12.9. The fourth-order valence-corrected chi connectivity index (χ4v) is 4.48. The Hall–Kier alpha value is -3.66. The van der Waals surface area contributed by atoms with Crippen LogP contribution in [0.4, 0.5) is 20.2 Å². The number of anilines is 2. The molecule has 32 heavy (non-hydrogen) atoms. The van der Waals surface area contributed by atoms with Crippen LogP contribution in [0.1, 0.15) is 5.56 Å². The van der Waals surface area contributed by atoms with Crippen LogP contribution < -0.4 is 19.5 Å². The lowest BCUT2D eigenvalue weighted by Gasteiger charge is -2.15. The molecular weight excluding hydrogens is 442 g/mol. The van der Waals surface area contributed by atoms with Crippen molar-refractivity contribution in [2.24, 2.45) is 0 Å². The van der Waals surface area contributed by atoms with Crippen LogP contribution in [-0.2, 0) is 21.2 Å². The molecule has 1 aliphatic heterocycles. The summed E-state index contributed by atoms with van der Waals surface area (Å²) >= 11 is 0. The first-order valence-corrected chi connectivity index (χ1v) is 10.9. The molecule has 0 spiro atoms. The summed E-state index contributed by atoms with van der Waals surface area (Å²) in [5.74, 6) is 0.267. The Morgan fingerprint density at radius 1 is 1.03 bits per heavy atom. The molecule has 1 heterocycles. The fraction of sp³-hybridized carbons (Fsp3) is 0.136. The summed E-state index contributed by atoms with van der Waals surface area (Å²) in [7, 11) is -2.50. The molecule has 0 aromatic heterocycles. The topological polar surface area (TPSA) is 93.7 Å². The number of carbonyl (C=O) groups excluding carboxylic acids is 1. The zero-order chi connectivity index (χ0) is 22.9. The van der Waals surface area contributed by atoms with Crippen LogP contribution >= 0.6 is 0 Å². The Labute approximate surface area is 183 Å². The molecule has 2 N–H and O–H groups in total. The smallest absolute Gasteiger partial charge is 0.387 e. The molecule has 0 bridgehead atoms. The largest absolute Gasteiger partial charge is 0.497 e. The number of methoxy groups -OCH3 is 1. The zero-order valence-corrected chi connectivity index (χ0v) is 17.6. The van der Waals surface area contributed by atoms with Crippen LogP contribution in [-0.4, -0.2) is 28.0 Å². The molecule has 3 aromatic rings. The number of sulfonamides is 1. The van der Waals surface area contributed by atoms with Gasteiger partial charge in [0.05, 0.1) is 18.4 Å². The fourth-order valence-electron chi connectivity index (χ4n) is 3.38. The average molecular weight is 460 g/mol. The molecule has 1 aliphatic rings. The van der Waals surface area contributed by atoms with Crippen molar-refractivity contribution < 1.29 is 31.5 Å². The molecule has 0 saturated carbocycles. The predicted molar refractivity (Wildman–Crippen MR) is 115 cm³/mol. The van der Waals surface area contributed by atoms with E-state index in [-0.39, 0.29) is 34.2 Å².